The van der Waals surface area contributed by atoms with Gasteiger partial charge in [-0.1, -0.05) is 37.3 Å². The van der Waals surface area contributed by atoms with Crippen LogP contribution in [0.4, 0.5) is 13.2 Å². The molecule has 1 aromatic carbocycles. The molecule has 22 heavy (non-hydrogen) atoms. The van der Waals surface area contributed by atoms with Gasteiger partial charge >= 0.3 is 6.18 Å². The molecule has 0 saturated heterocycles. The van der Waals surface area contributed by atoms with Crippen molar-refractivity contribution in [3.05, 3.63) is 58.3 Å². The Bertz CT molecular complexity index is 681. The average Bonchev–Trinajstić information content (AvgIpc) is 2.48. The molecule has 1 aromatic heterocycles. The normalized spacial score (nSPS) is 11.5. The minimum absolute atomic E-state index is 0.0781. The molecule has 0 aliphatic rings. The highest BCUT2D eigenvalue weighted by Gasteiger charge is 2.30. The van der Waals surface area contributed by atoms with E-state index < -0.39 is 18.3 Å². The summed E-state index contributed by atoms with van der Waals surface area (Å²) in [5, 5.41) is 0. The lowest BCUT2D eigenvalue weighted by Crippen LogP contribution is -2.32. The van der Waals surface area contributed by atoms with Crippen molar-refractivity contribution in [3.8, 4) is 5.75 Å². The average molecular weight is 312 g/mol. The number of rotatable bonds is 5. The van der Waals surface area contributed by atoms with Gasteiger partial charge in [0.15, 0.2) is 0 Å². The number of nitrogens with zero attached hydrogens (tertiary/aromatic N) is 2. The summed E-state index contributed by atoms with van der Waals surface area (Å²) < 4.78 is 43.7. The second kappa shape index (κ2) is 6.64. The van der Waals surface area contributed by atoms with Crippen LogP contribution >= 0.6 is 0 Å². The number of ether oxygens (including phenoxy) is 1. The smallest absolute Gasteiger partial charge is 0.406 e. The zero-order valence-corrected chi connectivity index (χ0v) is 11.9. The monoisotopic (exact) mass is 312 g/mol. The maximum absolute atomic E-state index is 12.6. The molecule has 0 radical (unpaired) electrons. The molecule has 0 fully saturated rings. The zero-order chi connectivity index (χ0) is 16.2. The van der Waals surface area contributed by atoms with Crippen LogP contribution in [0, 0.1) is 0 Å². The number of aryl methyl sites for hydroxylation is 1. The fraction of sp³-hybridized carbons (Fsp3) is 0.333. The fourth-order valence-electron chi connectivity index (χ4n) is 1.97. The molecule has 0 bridgehead atoms. The van der Waals surface area contributed by atoms with Crippen molar-refractivity contribution < 1.29 is 17.9 Å². The number of aromatic nitrogens is 2. The Kier molecular flexibility index (Phi) is 4.85. The summed E-state index contributed by atoms with van der Waals surface area (Å²) in [6.45, 7) is 0.360. The Labute approximate surface area is 125 Å². The van der Waals surface area contributed by atoms with Crippen LogP contribution in [-0.2, 0) is 19.6 Å². The zero-order valence-electron chi connectivity index (χ0n) is 11.9. The van der Waals surface area contributed by atoms with Crippen LogP contribution < -0.4 is 10.3 Å². The van der Waals surface area contributed by atoms with Gasteiger partial charge in [0, 0.05) is 6.42 Å². The van der Waals surface area contributed by atoms with Crippen molar-refractivity contribution >= 4 is 0 Å². The molecule has 118 valence electrons. The quantitative estimate of drug-likeness (QED) is 0.852. The third kappa shape index (κ3) is 4.09. The van der Waals surface area contributed by atoms with Crippen molar-refractivity contribution in [1.29, 1.82) is 0 Å². The first-order valence-electron chi connectivity index (χ1n) is 6.73. The van der Waals surface area contributed by atoms with Gasteiger partial charge in [-0.2, -0.15) is 13.2 Å². The molecule has 0 saturated carbocycles. The summed E-state index contributed by atoms with van der Waals surface area (Å²) in [6, 6.07) is 9.03. The highest BCUT2D eigenvalue weighted by Crippen LogP contribution is 2.18. The van der Waals surface area contributed by atoms with Crippen LogP contribution in [0.25, 0.3) is 0 Å². The number of halogens is 3. The maximum atomic E-state index is 12.6. The van der Waals surface area contributed by atoms with Crippen LogP contribution in [0.3, 0.4) is 0 Å². The van der Waals surface area contributed by atoms with E-state index in [-0.39, 0.29) is 24.6 Å². The van der Waals surface area contributed by atoms with Gasteiger partial charge in [-0.15, -0.1) is 0 Å². The van der Waals surface area contributed by atoms with Gasteiger partial charge in [-0.25, -0.2) is 4.98 Å². The SMILES string of the molecule is CCc1ncc(OCc2ccccc2)c(=O)n1CC(F)(F)F. The summed E-state index contributed by atoms with van der Waals surface area (Å²) >= 11 is 0. The number of alkyl halides is 3. The Balaban J connectivity index is 2.26. The molecule has 0 aliphatic heterocycles. The second-order valence-corrected chi connectivity index (χ2v) is 4.67. The van der Waals surface area contributed by atoms with Crippen LogP contribution in [0.1, 0.15) is 18.3 Å². The lowest BCUT2D eigenvalue weighted by molar-refractivity contribution is -0.141. The summed E-state index contributed by atoms with van der Waals surface area (Å²) in [5.74, 6) is -0.111. The van der Waals surface area contributed by atoms with E-state index in [0.29, 0.717) is 4.57 Å². The molecule has 0 amide bonds. The predicted molar refractivity (Wildman–Crippen MR) is 74.7 cm³/mol. The third-order valence-corrected chi connectivity index (χ3v) is 2.99. The minimum atomic E-state index is -4.49. The summed E-state index contributed by atoms with van der Waals surface area (Å²) in [4.78, 5) is 16.0. The van der Waals surface area contributed by atoms with E-state index in [1.807, 2.05) is 6.07 Å². The Hall–Kier alpha value is -2.31. The summed E-state index contributed by atoms with van der Waals surface area (Å²) in [7, 11) is 0. The Morgan fingerprint density at radius 2 is 1.91 bits per heavy atom. The van der Waals surface area contributed by atoms with E-state index in [1.165, 1.54) is 6.20 Å². The molecule has 0 atom stereocenters. The molecule has 0 spiro atoms. The van der Waals surface area contributed by atoms with E-state index in [4.69, 9.17) is 4.74 Å². The van der Waals surface area contributed by atoms with Crippen molar-refractivity contribution in [2.45, 2.75) is 32.7 Å². The minimum Gasteiger partial charge on any atom is -0.482 e. The molecule has 0 unspecified atom stereocenters. The lowest BCUT2D eigenvalue weighted by Gasteiger charge is -2.14. The van der Waals surface area contributed by atoms with Crippen LogP contribution in [0.5, 0.6) is 5.75 Å². The van der Waals surface area contributed by atoms with Crippen molar-refractivity contribution in [1.82, 2.24) is 9.55 Å². The third-order valence-electron chi connectivity index (χ3n) is 2.99. The van der Waals surface area contributed by atoms with Gasteiger partial charge in [0.05, 0.1) is 6.20 Å². The molecule has 2 rings (SSSR count). The van der Waals surface area contributed by atoms with Crippen molar-refractivity contribution in [2.75, 3.05) is 0 Å². The Morgan fingerprint density at radius 1 is 1.23 bits per heavy atom. The summed E-state index contributed by atoms with van der Waals surface area (Å²) in [5.41, 5.74) is -0.0102. The van der Waals surface area contributed by atoms with Gasteiger partial charge in [0.1, 0.15) is 19.0 Å². The van der Waals surface area contributed by atoms with Gasteiger partial charge in [0.2, 0.25) is 5.75 Å². The molecule has 0 N–H and O–H groups in total. The highest BCUT2D eigenvalue weighted by atomic mass is 19.4. The first-order chi connectivity index (χ1) is 10.4. The molecule has 2 aromatic rings. The topological polar surface area (TPSA) is 44.1 Å². The van der Waals surface area contributed by atoms with E-state index in [2.05, 4.69) is 4.98 Å². The van der Waals surface area contributed by atoms with Gasteiger partial charge in [-0.05, 0) is 5.56 Å². The van der Waals surface area contributed by atoms with Crippen molar-refractivity contribution in [2.24, 2.45) is 0 Å². The second-order valence-electron chi connectivity index (χ2n) is 4.67. The van der Waals surface area contributed by atoms with Crippen LogP contribution in [-0.4, -0.2) is 15.7 Å². The van der Waals surface area contributed by atoms with E-state index >= 15 is 0 Å². The number of hydrogen-bond acceptors (Lipinski definition) is 3. The van der Waals surface area contributed by atoms with E-state index in [9.17, 15) is 18.0 Å². The lowest BCUT2D eigenvalue weighted by atomic mass is 10.2. The molecular weight excluding hydrogens is 297 g/mol. The van der Waals surface area contributed by atoms with Crippen molar-refractivity contribution in [3.63, 3.8) is 0 Å². The highest BCUT2D eigenvalue weighted by molar-refractivity contribution is 5.18. The molecule has 7 heteroatoms. The fourth-order valence-corrected chi connectivity index (χ4v) is 1.97. The number of benzene rings is 1. The standard InChI is InChI=1S/C15H15F3N2O2/c1-2-13-19-8-12(14(21)20(13)10-15(16,17)18)22-9-11-6-4-3-5-7-11/h3-8H,2,9-10H2,1H3. The molecule has 0 aliphatic carbocycles. The first-order valence-corrected chi connectivity index (χ1v) is 6.73. The van der Waals surface area contributed by atoms with Crippen LogP contribution in [0.15, 0.2) is 41.3 Å². The first kappa shape index (κ1) is 16.1. The van der Waals surface area contributed by atoms with Gasteiger partial charge in [0.25, 0.3) is 5.56 Å². The van der Waals surface area contributed by atoms with Gasteiger partial charge < -0.3 is 4.74 Å². The molecule has 4 nitrogen and oxygen atoms in total. The molecule has 1 heterocycles. The molecular formula is C15H15F3N2O2. The summed E-state index contributed by atoms with van der Waals surface area (Å²) in [6.07, 6.45) is -3.09. The number of hydrogen-bond donors (Lipinski definition) is 0. The van der Waals surface area contributed by atoms with Gasteiger partial charge in [-0.3, -0.25) is 9.36 Å². The largest absolute Gasteiger partial charge is 0.482 e. The predicted octanol–water partition coefficient (Wildman–Crippen LogP) is 2.95. The maximum Gasteiger partial charge on any atom is 0.406 e. The van der Waals surface area contributed by atoms with Crippen LogP contribution in [0.2, 0.25) is 0 Å². The van der Waals surface area contributed by atoms with E-state index in [0.717, 1.165) is 5.56 Å². The van der Waals surface area contributed by atoms with E-state index in [1.54, 1.807) is 31.2 Å². The Morgan fingerprint density at radius 3 is 2.50 bits per heavy atom.